The monoisotopic (exact) mass is 252 g/mol. The molecule has 18 heavy (non-hydrogen) atoms. The van der Waals surface area contributed by atoms with E-state index in [9.17, 15) is 4.79 Å². The molecule has 0 aromatic heterocycles. The quantitative estimate of drug-likeness (QED) is 0.886. The van der Waals surface area contributed by atoms with Crippen molar-refractivity contribution in [1.82, 2.24) is 0 Å². The first-order valence-corrected chi connectivity index (χ1v) is 5.74. The van der Waals surface area contributed by atoms with Gasteiger partial charge in [0.25, 0.3) is 0 Å². The molecular weight excluding hydrogens is 236 g/mol. The van der Waals surface area contributed by atoms with Crippen LogP contribution >= 0.6 is 0 Å². The van der Waals surface area contributed by atoms with E-state index in [0.717, 1.165) is 0 Å². The molecule has 5 nitrogen and oxygen atoms in total. The van der Waals surface area contributed by atoms with Crippen LogP contribution in [0.1, 0.15) is 24.2 Å². The SMILES string of the molecule is CC1(C)OC[C@@H](COc2cccc(C(=O)O)c2)O1. The van der Waals surface area contributed by atoms with E-state index in [1.165, 1.54) is 12.1 Å². The molecule has 98 valence electrons. The third-order valence-electron chi connectivity index (χ3n) is 2.58. The Morgan fingerprint density at radius 2 is 2.33 bits per heavy atom. The smallest absolute Gasteiger partial charge is 0.335 e. The zero-order valence-corrected chi connectivity index (χ0v) is 10.4. The second kappa shape index (κ2) is 4.96. The molecule has 0 bridgehead atoms. The van der Waals surface area contributed by atoms with Crippen molar-refractivity contribution >= 4 is 5.97 Å². The zero-order chi connectivity index (χ0) is 13.2. The summed E-state index contributed by atoms with van der Waals surface area (Å²) in [5.41, 5.74) is 0.205. The largest absolute Gasteiger partial charge is 0.491 e. The lowest BCUT2D eigenvalue weighted by atomic mass is 10.2. The van der Waals surface area contributed by atoms with Crippen molar-refractivity contribution in [2.75, 3.05) is 13.2 Å². The molecule has 1 N–H and O–H groups in total. The number of ether oxygens (including phenoxy) is 3. The standard InChI is InChI=1S/C13H16O5/c1-13(2)17-8-11(18-13)7-16-10-5-3-4-9(6-10)12(14)15/h3-6,11H,7-8H2,1-2H3,(H,14,15)/t11-/m1/s1. The van der Waals surface area contributed by atoms with Gasteiger partial charge in [-0.15, -0.1) is 0 Å². The van der Waals surface area contributed by atoms with Gasteiger partial charge in [-0.2, -0.15) is 0 Å². The van der Waals surface area contributed by atoms with Crippen LogP contribution in [0.5, 0.6) is 5.75 Å². The first kappa shape index (κ1) is 12.9. The Bertz CT molecular complexity index is 441. The summed E-state index contributed by atoms with van der Waals surface area (Å²) in [7, 11) is 0. The summed E-state index contributed by atoms with van der Waals surface area (Å²) < 4.78 is 16.5. The maximum absolute atomic E-state index is 10.8. The number of aromatic carboxylic acids is 1. The summed E-state index contributed by atoms with van der Waals surface area (Å²) in [5, 5.41) is 8.86. The minimum atomic E-state index is -0.970. The van der Waals surface area contributed by atoms with Crippen molar-refractivity contribution in [1.29, 1.82) is 0 Å². The van der Waals surface area contributed by atoms with Gasteiger partial charge in [0.15, 0.2) is 5.79 Å². The Morgan fingerprint density at radius 3 is 2.94 bits per heavy atom. The van der Waals surface area contributed by atoms with Crippen molar-refractivity contribution in [3.63, 3.8) is 0 Å². The van der Waals surface area contributed by atoms with Crippen LogP contribution in [0.2, 0.25) is 0 Å². The second-order valence-electron chi connectivity index (χ2n) is 4.59. The lowest BCUT2D eigenvalue weighted by Crippen LogP contribution is -2.25. The lowest BCUT2D eigenvalue weighted by Gasteiger charge is -2.17. The van der Waals surface area contributed by atoms with Crippen LogP contribution in [0.3, 0.4) is 0 Å². The average Bonchev–Trinajstić information content (AvgIpc) is 2.67. The Labute approximate surface area is 105 Å². The van der Waals surface area contributed by atoms with E-state index in [2.05, 4.69) is 0 Å². The normalized spacial score (nSPS) is 21.8. The topological polar surface area (TPSA) is 65.0 Å². The van der Waals surface area contributed by atoms with E-state index in [1.807, 2.05) is 13.8 Å². The van der Waals surface area contributed by atoms with Crippen LogP contribution < -0.4 is 4.74 Å². The highest BCUT2D eigenvalue weighted by molar-refractivity contribution is 5.87. The number of benzene rings is 1. The van der Waals surface area contributed by atoms with Gasteiger partial charge in [0.1, 0.15) is 18.5 Å². The molecule has 1 aromatic rings. The first-order valence-electron chi connectivity index (χ1n) is 5.74. The van der Waals surface area contributed by atoms with Gasteiger partial charge in [-0.3, -0.25) is 0 Å². The third kappa shape index (κ3) is 3.21. The number of carbonyl (C=O) groups is 1. The summed E-state index contributed by atoms with van der Waals surface area (Å²) in [4.78, 5) is 10.8. The number of hydrogen-bond acceptors (Lipinski definition) is 4. The molecule has 0 saturated carbocycles. The van der Waals surface area contributed by atoms with Crippen LogP contribution in [0, 0.1) is 0 Å². The molecule has 0 amide bonds. The maximum Gasteiger partial charge on any atom is 0.335 e. The molecule has 1 saturated heterocycles. The minimum absolute atomic E-state index is 0.131. The first-order chi connectivity index (χ1) is 8.46. The van der Waals surface area contributed by atoms with E-state index in [-0.39, 0.29) is 11.7 Å². The van der Waals surface area contributed by atoms with Gasteiger partial charge in [-0.1, -0.05) is 6.07 Å². The zero-order valence-electron chi connectivity index (χ0n) is 10.4. The van der Waals surface area contributed by atoms with Gasteiger partial charge in [0.05, 0.1) is 12.2 Å². The van der Waals surface area contributed by atoms with E-state index in [0.29, 0.717) is 19.0 Å². The third-order valence-corrected chi connectivity index (χ3v) is 2.58. The molecule has 1 atom stereocenters. The molecule has 0 aliphatic carbocycles. The Kier molecular flexibility index (Phi) is 3.54. The lowest BCUT2D eigenvalue weighted by molar-refractivity contribution is -0.141. The van der Waals surface area contributed by atoms with Gasteiger partial charge in [0, 0.05) is 0 Å². The van der Waals surface area contributed by atoms with Crippen LogP contribution in [0.15, 0.2) is 24.3 Å². The van der Waals surface area contributed by atoms with Gasteiger partial charge in [-0.25, -0.2) is 4.79 Å². The molecule has 1 fully saturated rings. The molecule has 1 heterocycles. The molecule has 0 radical (unpaired) electrons. The molecule has 1 aromatic carbocycles. The maximum atomic E-state index is 10.8. The van der Waals surface area contributed by atoms with E-state index < -0.39 is 11.8 Å². The number of rotatable bonds is 4. The second-order valence-corrected chi connectivity index (χ2v) is 4.59. The Hall–Kier alpha value is -1.59. The fourth-order valence-corrected chi connectivity index (χ4v) is 1.75. The van der Waals surface area contributed by atoms with Crippen molar-refractivity contribution in [2.24, 2.45) is 0 Å². The van der Waals surface area contributed by atoms with Gasteiger partial charge >= 0.3 is 5.97 Å². The molecule has 5 heteroatoms. The average molecular weight is 252 g/mol. The minimum Gasteiger partial charge on any atom is -0.491 e. The summed E-state index contributed by atoms with van der Waals surface area (Å²) in [6.45, 7) is 4.51. The molecule has 0 spiro atoms. The van der Waals surface area contributed by atoms with E-state index in [1.54, 1.807) is 12.1 Å². The predicted octanol–water partition coefficient (Wildman–Crippen LogP) is 1.92. The van der Waals surface area contributed by atoms with Crippen molar-refractivity contribution in [3.8, 4) is 5.75 Å². The Balaban J connectivity index is 1.91. The highest BCUT2D eigenvalue weighted by atomic mass is 16.7. The fourth-order valence-electron chi connectivity index (χ4n) is 1.75. The van der Waals surface area contributed by atoms with Crippen molar-refractivity contribution < 1.29 is 24.1 Å². The number of carboxylic acid groups (broad SMARTS) is 1. The highest BCUT2D eigenvalue weighted by Gasteiger charge is 2.32. The Morgan fingerprint density at radius 1 is 1.56 bits per heavy atom. The van der Waals surface area contributed by atoms with Gasteiger partial charge in [-0.05, 0) is 32.0 Å². The van der Waals surface area contributed by atoms with Crippen LogP contribution in [-0.4, -0.2) is 36.2 Å². The molecule has 0 unspecified atom stereocenters. The van der Waals surface area contributed by atoms with Gasteiger partial charge < -0.3 is 19.3 Å². The molecule has 1 aliphatic heterocycles. The van der Waals surface area contributed by atoms with Crippen molar-refractivity contribution in [3.05, 3.63) is 29.8 Å². The number of hydrogen-bond donors (Lipinski definition) is 1. The molecule has 2 rings (SSSR count). The molecule has 1 aliphatic rings. The number of carboxylic acids is 1. The highest BCUT2D eigenvalue weighted by Crippen LogP contribution is 2.23. The van der Waals surface area contributed by atoms with Crippen molar-refractivity contribution in [2.45, 2.75) is 25.7 Å². The van der Waals surface area contributed by atoms with Crippen LogP contribution in [0.25, 0.3) is 0 Å². The summed E-state index contributed by atoms with van der Waals surface area (Å²) >= 11 is 0. The van der Waals surface area contributed by atoms with Gasteiger partial charge in [0.2, 0.25) is 0 Å². The van der Waals surface area contributed by atoms with E-state index in [4.69, 9.17) is 19.3 Å². The van der Waals surface area contributed by atoms with Crippen LogP contribution in [-0.2, 0) is 9.47 Å². The van der Waals surface area contributed by atoms with E-state index >= 15 is 0 Å². The summed E-state index contributed by atoms with van der Waals surface area (Å²) in [5.74, 6) is -1.03. The summed E-state index contributed by atoms with van der Waals surface area (Å²) in [6, 6.07) is 6.37. The predicted molar refractivity (Wildman–Crippen MR) is 63.8 cm³/mol. The summed E-state index contributed by atoms with van der Waals surface area (Å²) in [6.07, 6.45) is -0.131. The molecular formula is C13H16O5. The van der Waals surface area contributed by atoms with Crippen LogP contribution in [0.4, 0.5) is 0 Å². The fraction of sp³-hybridized carbons (Fsp3) is 0.462.